The minimum atomic E-state index is -0.115. The van der Waals surface area contributed by atoms with Crippen molar-refractivity contribution in [2.45, 2.75) is 32.9 Å². The van der Waals surface area contributed by atoms with Gasteiger partial charge in [0.2, 0.25) is 0 Å². The molecule has 0 saturated heterocycles. The van der Waals surface area contributed by atoms with Gasteiger partial charge in [0, 0.05) is 37.0 Å². The van der Waals surface area contributed by atoms with E-state index in [0.717, 1.165) is 24.6 Å². The predicted octanol–water partition coefficient (Wildman–Crippen LogP) is 1.10. The first-order valence-corrected chi connectivity index (χ1v) is 6.78. The highest BCUT2D eigenvalue weighted by molar-refractivity contribution is 5.40. The summed E-state index contributed by atoms with van der Waals surface area (Å²) in [6, 6.07) is 0. The Kier molecular flexibility index (Phi) is 5.13. The van der Waals surface area contributed by atoms with Crippen LogP contribution in [0.4, 0.5) is 0 Å². The summed E-state index contributed by atoms with van der Waals surface area (Å²) in [6.07, 6.45) is 4.21. The molecule has 2 rings (SSSR count). The molecule has 106 valence electrons. The number of aromatic nitrogens is 1. The Labute approximate surface area is 113 Å². The molecule has 0 aromatic carbocycles. The molecule has 0 amide bonds. The first kappa shape index (κ1) is 14.2. The Balaban J connectivity index is 1.75. The van der Waals surface area contributed by atoms with E-state index < -0.39 is 0 Å². The van der Waals surface area contributed by atoms with Gasteiger partial charge in [0.05, 0.1) is 18.9 Å². The molecule has 1 fully saturated rings. The van der Waals surface area contributed by atoms with Gasteiger partial charge in [-0.25, -0.2) is 0 Å². The van der Waals surface area contributed by atoms with Gasteiger partial charge < -0.3 is 20.3 Å². The Hall–Kier alpha value is -1.17. The molecule has 1 aliphatic rings. The summed E-state index contributed by atoms with van der Waals surface area (Å²) in [7, 11) is 0. The normalized spacial score (nSPS) is 14.8. The molecule has 0 aliphatic heterocycles. The first-order chi connectivity index (χ1) is 9.22. The number of nitrogens with zero attached hydrogens (tertiary/aromatic N) is 1. The van der Waals surface area contributed by atoms with Crippen LogP contribution in [0.5, 0.6) is 5.75 Å². The Morgan fingerprint density at radius 3 is 2.95 bits per heavy atom. The minimum Gasteiger partial charge on any atom is -0.506 e. The number of aromatic hydroxyl groups is 1. The van der Waals surface area contributed by atoms with Crippen LogP contribution in [0.3, 0.4) is 0 Å². The third kappa shape index (κ3) is 4.16. The lowest BCUT2D eigenvalue weighted by atomic mass is 10.1. The molecule has 0 bridgehead atoms. The highest BCUT2D eigenvalue weighted by Crippen LogP contribution is 2.28. The zero-order valence-corrected chi connectivity index (χ0v) is 11.4. The van der Waals surface area contributed by atoms with Gasteiger partial charge in [0.15, 0.2) is 0 Å². The van der Waals surface area contributed by atoms with Gasteiger partial charge in [-0.3, -0.25) is 4.98 Å². The highest BCUT2D eigenvalue weighted by atomic mass is 16.5. The maximum Gasteiger partial charge on any atom is 0.141 e. The number of rotatable bonds is 8. The van der Waals surface area contributed by atoms with Crippen molar-refractivity contribution in [2.75, 3.05) is 19.8 Å². The van der Waals surface area contributed by atoms with E-state index in [1.54, 1.807) is 13.1 Å². The van der Waals surface area contributed by atoms with Crippen molar-refractivity contribution in [3.05, 3.63) is 23.0 Å². The lowest BCUT2D eigenvalue weighted by molar-refractivity contribution is 0.126. The summed E-state index contributed by atoms with van der Waals surface area (Å²) in [6.45, 7) is 4.42. The van der Waals surface area contributed by atoms with Gasteiger partial charge in [-0.1, -0.05) is 0 Å². The Morgan fingerprint density at radius 2 is 2.26 bits per heavy atom. The van der Waals surface area contributed by atoms with Gasteiger partial charge >= 0.3 is 0 Å². The third-order valence-electron chi connectivity index (χ3n) is 3.38. The second-order valence-electron chi connectivity index (χ2n) is 5.05. The van der Waals surface area contributed by atoms with Gasteiger partial charge in [0.1, 0.15) is 5.75 Å². The molecule has 5 nitrogen and oxygen atoms in total. The van der Waals surface area contributed by atoms with E-state index in [2.05, 4.69) is 10.3 Å². The minimum absolute atomic E-state index is 0.115. The van der Waals surface area contributed by atoms with Crippen LogP contribution in [0.15, 0.2) is 6.20 Å². The number of ether oxygens (including phenoxy) is 1. The number of hydrogen-bond acceptors (Lipinski definition) is 5. The van der Waals surface area contributed by atoms with Crippen LogP contribution in [0, 0.1) is 12.8 Å². The van der Waals surface area contributed by atoms with Gasteiger partial charge in [-0.05, 0) is 25.7 Å². The van der Waals surface area contributed by atoms with Crippen LogP contribution in [0.2, 0.25) is 0 Å². The molecule has 19 heavy (non-hydrogen) atoms. The Morgan fingerprint density at radius 1 is 1.47 bits per heavy atom. The van der Waals surface area contributed by atoms with Crippen LogP contribution < -0.4 is 5.32 Å². The quantitative estimate of drug-likeness (QED) is 0.614. The van der Waals surface area contributed by atoms with Crippen molar-refractivity contribution < 1.29 is 14.9 Å². The number of aliphatic hydroxyl groups is 1. The van der Waals surface area contributed by atoms with E-state index >= 15 is 0 Å². The summed E-state index contributed by atoms with van der Waals surface area (Å²) in [5.74, 6) is 0.950. The van der Waals surface area contributed by atoms with Crippen LogP contribution in [0.1, 0.15) is 29.7 Å². The molecule has 0 unspecified atom stereocenters. The van der Waals surface area contributed by atoms with E-state index in [1.807, 2.05) is 0 Å². The van der Waals surface area contributed by atoms with Crippen LogP contribution in [-0.4, -0.2) is 35.0 Å². The maximum absolute atomic E-state index is 9.95. The average Bonchev–Trinajstić information content (AvgIpc) is 3.22. The molecular formula is C14H22N2O3. The summed E-state index contributed by atoms with van der Waals surface area (Å²) in [5.41, 5.74) is 1.96. The monoisotopic (exact) mass is 266 g/mol. The van der Waals surface area contributed by atoms with E-state index in [1.165, 1.54) is 12.8 Å². The summed E-state index contributed by atoms with van der Waals surface area (Å²) in [4.78, 5) is 4.03. The fourth-order valence-electron chi connectivity index (χ4n) is 1.91. The standard InChI is InChI=1S/C14H22N2O3/c1-10-14(18)13(12(8-17)6-16-10)7-15-4-5-19-9-11-2-3-11/h6,11,15,17-18H,2-5,7-9H2,1H3. The van der Waals surface area contributed by atoms with Crippen molar-refractivity contribution in [2.24, 2.45) is 5.92 Å². The van der Waals surface area contributed by atoms with E-state index in [0.29, 0.717) is 24.4 Å². The maximum atomic E-state index is 9.95. The lowest BCUT2D eigenvalue weighted by Crippen LogP contribution is -2.21. The lowest BCUT2D eigenvalue weighted by Gasteiger charge is -2.12. The number of hydrogen-bond donors (Lipinski definition) is 3. The zero-order valence-electron chi connectivity index (χ0n) is 11.4. The number of aryl methyl sites for hydroxylation is 1. The molecule has 1 heterocycles. The smallest absolute Gasteiger partial charge is 0.141 e. The molecule has 0 spiro atoms. The van der Waals surface area contributed by atoms with Gasteiger partial charge in [-0.2, -0.15) is 0 Å². The molecule has 1 saturated carbocycles. The van der Waals surface area contributed by atoms with E-state index in [4.69, 9.17) is 4.74 Å². The Bertz CT molecular complexity index is 419. The SMILES string of the molecule is Cc1ncc(CO)c(CNCCOCC2CC2)c1O. The zero-order chi connectivity index (χ0) is 13.7. The number of nitrogens with one attached hydrogen (secondary N) is 1. The molecular weight excluding hydrogens is 244 g/mol. The molecule has 1 aliphatic carbocycles. The van der Waals surface area contributed by atoms with E-state index in [-0.39, 0.29) is 12.4 Å². The fraction of sp³-hybridized carbons (Fsp3) is 0.643. The largest absolute Gasteiger partial charge is 0.506 e. The van der Waals surface area contributed by atoms with Crippen molar-refractivity contribution >= 4 is 0 Å². The number of pyridine rings is 1. The number of aliphatic hydroxyl groups excluding tert-OH is 1. The molecule has 1 aromatic heterocycles. The molecule has 5 heteroatoms. The average molecular weight is 266 g/mol. The molecule has 1 aromatic rings. The topological polar surface area (TPSA) is 74.6 Å². The molecule has 0 radical (unpaired) electrons. The van der Waals surface area contributed by atoms with Crippen LogP contribution in [0.25, 0.3) is 0 Å². The third-order valence-corrected chi connectivity index (χ3v) is 3.38. The van der Waals surface area contributed by atoms with Crippen molar-refractivity contribution in [1.82, 2.24) is 10.3 Å². The molecule has 3 N–H and O–H groups in total. The van der Waals surface area contributed by atoms with Crippen molar-refractivity contribution in [1.29, 1.82) is 0 Å². The van der Waals surface area contributed by atoms with Crippen LogP contribution in [-0.2, 0) is 17.9 Å². The van der Waals surface area contributed by atoms with Crippen molar-refractivity contribution in [3.63, 3.8) is 0 Å². The van der Waals surface area contributed by atoms with Gasteiger partial charge in [0.25, 0.3) is 0 Å². The second kappa shape index (κ2) is 6.84. The van der Waals surface area contributed by atoms with Gasteiger partial charge in [-0.15, -0.1) is 0 Å². The summed E-state index contributed by atoms with van der Waals surface area (Å²) < 4.78 is 5.52. The van der Waals surface area contributed by atoms with Crippen LogP contribution >= 0.6 is 0 Å². The summed E-state index contributed by atoms with van der Waals surface area (Å²) in [5, 5.41) is 22.4. The first-order valence-electron chi connectivity index (χ1n) is 6.78. The predicted molar refractivity (Wildman–Crippen MR) is 71.8 cm³/mol. The van der Waals surface area contributed by atoms with E-state index in [9.17, 15) is 10.2 Å². The van der Waals surface area contributed by atoms with Crippen molar-refractivity contribution in [3.8, 4) is 5.75 Å². The molecule has 0 atom stereocenters. The highest BCUT2D eigenvalue weighted by Gasteiger charge is 2.20. The summed E-state index contributed by atoms with van der Waals surface area (Å²) >= 11 is 0. The fourth-order valence-corrected chi connectivity index (χ4v) is 1.91. The second-order valence-corrected chi connectivity index (χ2v) is 5.05.